The van der Waals surface area contributed by atoms with Crippen LogP contribution in [0.5, 0.6) is 0 Å². The molecule has 1 aromatic heterocycles. The molecule has 5 nitrogen and oxygen atoms in total. The van der Waals surface area contributed by atoms with Crippen molar-refractivity contribution in [2.75, 3.05) is 13.1 Å². The molecule has 0 saturated carbocycles. The Balaban J connectivity index is 0.00000208. The van der Waals surface area contributed by atoms with Gasteiger partial charge in [-0.1, -0.05) is 29.8 Å². The van der Waals surface area contributed by atoms with Gasteiger partial charge >= 0.3 is 0 Å². The van der Waals surface area contributed by atoms with Crippen LogP contribution < -0.4 is 5.73 Å². The van der Waals surface area contributed by atoms with Crippen LogP contribution in [0, 0.1) is 5.92 Å². The quantitative estimate of drug-likeness (QED) is 0.871. The van der Waals surface area contributed by atoms with Crippen LogP contribution in [-0.2, 0) is 0 Å². The number of carbonyl (C=O) groups excluding carboxylic acids is 1. The largest absolute Gasteiger partial charge is 0.337 e. The predicted molar refractivity (Wildman–Crippen MR) is 98.6 cm³/mol. The minimum Gasteiger partial charge on any atom is -0.337 e. The fourth-order valence-corrected chi connectivity index (χ4v) is 3.27. The summed E-state index contributed by atoms with van der Waals surface area (Å²) in [6.45, 7) is 3.52. The Morgan fingerprint density at radius 2 is 2.04 bits per heavy atom. The SMILES string of the molecule is CC(N)C1CCN(C(=O)c2cc(-c3ccccc3Cl)n[nH]2)CC1.Cl. The molecule has 0 spiro atoms. The normalized spacial score (nSPS) is 16.5. The summed E-state index contributed by atoms with van der Waals surface area (Å²) in [5.74, 6) is 0.485. The van der Waals surface area contributed by atoms with E-state index < -0.39 is 0 Å². The van der Waals surface area contributed by atoms with Crippen molar-refractivity contribution >= 4 is 29.9 Å². The maximum Gasteiger partial charge on any atom is 0.271 e. The lowest BCUT2D eigenvalue weighted by Gasteiger charge is -2.33. The van der Waals surface area contributed by atoms with Crippen molar-refractivity contribution in [1.82, 2.24) is 15.1 Å². The molecule has 1 saturated heterocycles. The lowest BCUT2D eigenvalue weighted by atomic mass is 9.91. The number of aromatic nitrogens is 2. The summed E-state index contributed by atoms with van der Waals surface area (Å²) in [6, 6.07) is 9.42. The minimum absolute atomic E-state index is 0. The number of nitrogens with one attached hydrogen (secondary N) is 1. The Morgan fingerprint density at radius 1 is 1.38 bits per heavy atom. The second kappa shape index (κ2) is 8.01. The highest BCUT2D eigenvalue weighted by molar-refractivity contribution is 6.33. The number of H-pyrrole nitrogens is 1. The molecule has 1 unspecified atom stereocenters. The summed E-state index contributed by atoms with van der Waals surface area (Å²) in [4.78, 5) is 14.5. The number of benzene rings is 1. The molecular formula is C17H22Cl2N4O. The van der Waals surface area contributed by atoms with Crippen molar-refractivity contribution in [3.63, 3.8) is 0 Å². The second-order valence-corrected chi connectivity index (χ2v) is 6.54. The van der Waals surface area contributed by atoms with Crippen LogP contribution in [-0.4, -0.2) is 40.1 Å². The van der Waals surface area contributed by atoms with E-state index in [1.54, 1.807) is 6.07 Å². The maximum absolute atomic E-state index is 12.6. The Labute approximate surface area is 153 Å². The highest BCUT2D eigenvalue weighted by Gasteiger charge is 2.26. The number of hydrogen-bond donors (Lipinski definition) is 2. The van der Waals surface area contributed by atoms with E-state index in [1.807, 2.05) is 36.1 Å². The number of likely N-dealkylation sites (tertiary alicyclic amines) is 1. The number of halogens is 2. The fraction of sp³-hybridized carbons (Fsp3) is 0.412. The van der Waals surface area contributed by atoms with E-state index >= 15 is 0 Å². The van der Waals surface area contributed by atoms with Gasteiger partial charge in [0.25, 0.3) is 5.91 Å². The molecule has 2 heterocycles. The smallest absolute Gasteiger partial charge is 0.271 e. The molecule has 0 aliphatic carbocycles. The van der Waals surface area contributed by atoms with E-state index in [0.717, 1.165) is 31.5 Å². The zero-order valence-electron chi connectivity index (χ0n) is 13.5. The van der Waals surface area contributed by atoms with Crippen LogP contribution in [0.15, 0.2) is 30.3 Å². The molecule has 2 aromatic rings. The van der Waals surface area contributed by atoms with Gasteiger partial charge in [0.05, 0.1) is 10.7 Å². The molecule has 1 atom stereocenters. The number of carbonyl (C=O) groups is 1. The molecule has 1 amide bonds. The summed E-state index contributed by atoms with van der Waals surface area (Å²) < 4.78 is 0. The number of nitrogens with zero attached hydrogens (tertiary/aromatic N) is 2. The summed E-state index contributed by atoms with van der Waals surface area (Å²) >= 11 is 6.18. The van der Waals surface area contributed by atoms with Crippen molar-refractivity contribution in [3.8, 4) is 11.3 Å². The third kappa shape index (κ3) is 3.91. The van der Waals surface area contributed by atoms with Gasteiger partial charge in [-0.15, -0.1) is 12.4 Å². The van der Waals surface area contributed by atoms with E-state index in [1.165, 1.54) is 0 Å². The van der Waals surface area contributed by atoms with Gasteiger partial charge in [0.2, 0.25) is 0 Å². The average Bonchev–Trinajstić information content (AvgIpc) is 3.04. The Bertz CT molecular complexity index is 693. The van der Waals surface area contributed by atoms with E-state index in [4.69, 9.17) is 17.3 Å². The van der Waals surface area contributed by atoms with Gasteiger partial charge in [0.1, 0.15) is 5.69 Å². The number of nitrogens with two attached hydrogens (primary N) is 1. The van der Waals surface area contributed by atoms with Crippen LogP contribution >= 0.6 is 24.0 Å². The molecule has 7 heteroatoms. The van der Waals surface area contributed by atoms with Gasteiger partial charge in [0, 0.05) is 24.7 Å². The summed E-state index contributed by atoms with van der Waals surface area (Å²) in [5, 5.41) is 7.69. The average molecular weight is 369 g/mol. The van der Waals surface area contributed by atoms with E-state index in [-0.39, 0.29) is 24.4 Å². The standard InChI is InChI=1S/C17H21ClN4O.ClH/c1-11(19)12-6-8-22(9-7-12)17(23)16-10-15(20-21-16)13-4-2-3-5-14(13)18;/h2-5,10-12H,6-9,19H2,1H3,(H,20,21);1H. The van der Waals surface area contributed by atoms with Gasteiger partial charge in [-0.05, 0) is 37.8 Å². The van der Waals surface area contributed by atoms with Crippen LogP contribution in [0.25, 0.3) is 11.3 Å². The third-order valence-electron chi connectivity index (χ3n) is 4.53. The highest BCUT2D eigenvalue weighted by Crippen LogP contribution is 2.27. The Hall–Kier alpha value is -1.56. The first-order valence-electron chi connectivity index (χ1n) is 7.91. The van der Waals surface area contributed by atoms with Crippen molar-refractivity contribution in [2.24, 2.45) is 11.7 Å². The third-order valence-corrected chi connectivity index (χ3v) is 4.86. The lowest BCUT2D eigenvalue weighted by molar-refractivity contribution is 0.0675. The molecule has 1 aromatic carbocycles. The van der Waals surface area contributed by atoms with Crippen LogP contribution in [0.2, 0.25) is 5.02 Å². The van der Waals surface area contributed by atoms with E-state index in [2.05, 4.69) is 10.2 Å². The van der Waals surface area contributed by atoms with E-state index in [0.29, 0.717) is 22.3 Å². The van der Waals surface area contributed by atoms with Crippen molar-refractivity contribution in [3.05, 3.63) is 41.0 Å². The molecule has 1 aliphatic rings. The fourth-order valence-electron chi connectivity index (χ4n) is 3.04. The molecule has 0 radical (unpaired) electrons. The summed E-state index contributed by atoms with van der Waals surface area (Å²) in [7, 11) is 0. The van der Waals surface area contributed by atoms with Gasteiger partial charge in [-0.25, -0.2) is 0 Å². The first-order valence-corrected chi connectivity index (χ1v) is 8.29. The Kier molecular flexibility index (Phi) is 6.27. The summed E-state index contributed by atoms with van der Waals surface area (Å²) in [6.07, 6.45) is 1.91. The van der Waals surface area contributed by atoms with Crippen LogP contribution in [0.1, 0.15) is 30.3 Å². The molecule has 3 rings (SSSR count). The first-order chi connectivity index (χ1) is 11.1. The van der Waals surface area contributed by atoms with Crippen LogP contribution in [0.4, 0.5) is 0 Å². The monoisotopic (exact) mass is 368 g/mol. The minimum atomic E-state index is -0.0149. The number of piperidine rings is 1. The highest BCUT2D eigenvalue weighted by atomic mass is 35.5. The number of aromatic amines is 1. The molecule has 130 valence electrons. The second-order valence-electron chi connectivity index (χ2n) is 6.14. The maximum atomic E-state index is 12.6. The lowest BCUT2D eigenvalue weighted by Crippen LogP contribution is -2.42. The molecular weight excluding hydrogens is 347 g/mol. The molecule has 1 aliphatic heterocycles. The Morgan fingerprint density at radius 3 is 2.67 bits per heavy atom. The number of rotatable bonds is 3. The van der Waals surface area contributed by atoms with Crippen molar-refractivity contribution < 1.29 is 4.79 Å². The van der Waals surface area contributed by atoms with Gasteiger partial charge in [-0.3, -0.25) is 9.89 Å². The van der Waals surface area contributed by atoms with Crippen molar-refractivity contribution in [1.29, 1.82) is 0 Å². The molecule has 3 N–H and O–H groups in total. The van der Waals surface area contributed by atoms with Gasteiger partial charge < -0.3 is 10.6 Å². The van der Waals surface area contributed by atoms with E-state index in [9.17, 15) is 4.79 Å². The zero-order valence-corrected chi connectivity index (χ0v) is 15.1. The number of amides is 1. The first kappa shape index (κ1) is 18.8. The topological polar surface area (TPSA) is 75.0 Å². The summed E-state index contributed by atoms with van der Waals surface area (Å²) in [5.41, 5.74) is 7.95. The van der Waals surface area contributed by atoms with Crippen molar-refractivity contribution in [2.45, 2.75) is 25.8 Å². The van der Waals surface area contributed by atoms with Gasteiger partial charge in [-0.2, -0.15) is 5.10 Å². The number of hydrogen-bond acceptors (Lipinski definition) is 3. The molecule has 1 fully saturated rings. The predicted octanol–water partition coefficient (Wildman–Crippen LogP) is 3.35. The molecule has 0 bridgehead atoms. The zero-order chi connectivity index (χ0) is 16.4. The van der Waals surface area contributed by atoms with Crippen LogP contribution in [0.3, 0.4) is 0 Å². The van der Waals surface area contributed by atoms with Gasteiger partial charge in [0.15, 0.2) is 0 Å². The molecule has 24 heavy (non-hydrogen) atoms.